The molecule has 0 radical (unpaired) electrons. The molecule has 7 nitrogen and oxygen atoms in total. The van der Waals surface area contributed by atoms with Crippen molar-refractivity contribution in [3.05, 3.63) is 48.8 Å². The number of hydrogen-bond acceptors (Lipinski definition) is 5. The van der Waals surface area contributed by atoms with Gasteiger partial charge in [-0.05, 0) is 24.3 Å². The molecule has 25 heavy (non-hydrogen) atoms. The number of carbonyl (C=O) groups is 1. The van der Waals surface area contributed by atoms with Gasteiger partial charge in [0.05, 0.1) is 25.1 Å². The fraction of sp³-hybridized carbons (Fsp3) is 0.222. The van der Waals surface area contributed by atoms with Crippen molar-refractivity contribution in [1.82, 2.24) is 9.38 Å². The van der Waals surface area contributed by atoms with Crippen molar-refractivity contribution in [1.29, 1.82) is 0 Å². The molecule has 0 aliphatic rings. The summed E-state index contributed by atoms with van der Waals surface area (Å²) in [6.07, 6.45) is 3.61. The number of methoxy groups -OCH3 is 1. The van der Waals surface area contributed by atoms with Crippen LogP contribution in [0, 0.1) is 0 Å². The monoisotopic (exact) mass is 340 g/mol. The molecule has 0 spiro atoms. The van der Waals surface area contributed by atoms with Gasteiger partial charge in [0.1, 0.15) is 12.3 Å². The Bertz CT molecular complexity index is 876. The zero-order valence-electron chi connectivity index (χ0n) is 13.9. The Morgan fingerprint density at radius 3 is 3.00 bits per heavy atom. The first-order chi connectivity index (χ1) is 12.2. The van der Waals surface area contributed by atoms with Crippen LogP contribution in [0.4, 0.5) is 11.4 Å². The molecule has 7 heteroatoms. The predicted molar refractivity (Wildman–Crippen MR) is 96.4 cm³/mol. The number of nitrogen functional groups attached to an aromatic ring is 1. The van der Waals surface area contributed by atoms with Crippen LogP contribution in [-0.4, -0.2) is 42.2 Å². The molecule has 0 fully saturated rings. The van der Waals surface area contributed by atoms with Crippen molar-refractivity contribution < 1.29 is 14.3 Å². The molecule has 0 aliphatic heterocycles. The Balaban J connectivity index is 1.75. The number of nitrogens with zero attached hydrogens (tertiary/aromatic N) is 2. The van der Waals surface area contributed by atoms with E-state index < -0.39 is 0 Å². The molecule has 0 bridgehead atoms. The van der Waals surface area contributed by atoms with E-state index in [-0.39, 0.29) is 12.5 Å². The number of hydrogen-bond donors (Lipinski definition) is 2. The molecule has 130 valence electrons. The minimum absolute atomic E-state index is 0.0142. The number of ether oxygens (including phenoxy) is 2. The summed E-state index contributed by atoms with van der Waals surface area (Å²) < 4.78 is 12.0. The molecule has 3 aromatic rings. The van der Waals surface area contributed by atoms with Gasteiger partial charge in [-0.1, -0.05) is 12.1 Å². The maximum Gasteiger partial charge on any atom is 0.250 e. The molecule has 1 aromatic carbocycles. The van der Waals surface area contributed by atoms with E-state index in [2.05, 4.69) is 10.3 Å². The van der Waals surface area contributed by atoms with Crippen LogP contribution < -0.4 is 11.1 Å². The molecular formula is C18H20N4O3. The number of benzene rings is 1. The number of aromatic nitrogens is 2. The van der Waals surface area contributed by atoms with Crippen molar-refractivity contribution in [3.63, 3.8) is 0 Å². The van der Waals surface area contributed by atoms with Gasteiger partial charge in [-0.2, -0.15) is 0 Å². The van der Waals surface area contributed by atoms with Crippen molar-refractivity contribution in [2.75, 3.05) is 38.0 Å². The minimum atomic E-state index is -0.212. The topological polar surface area (TPSA) is 90.9 Å². The molecule has 2 aromatic heterocycles. The van der Waals surface area contributed by atoms with E-state index in [0.29, 0.717) is 24.6 Å². The van der Waals surface area contributed by atoms with Gasteiger partial charge in [0.15, 0.2) is 0 Å². The van der Waals surface area contributed by atoms with Crippen molar-refractivity contribution in [3.8, 4) is 11.3 Å². The third kappa shape index (κ3) is 4.14. The highest BCUT2D eigenvalue weighted by Gasteiger charge is 2.08. The summed E-state index contributed by atoms with van der Waals surface area (Å²) in [5.74, 6) is -0.212. The lowest BCUT2D eigenvalue weighted by atomic mass is 10.1. The first kappa shape index (κ1) is 16.9. The number of amides is 1. The second-order valence-electron chi connectivity index (χ2n) is 5.51. The Hall–Kier alpha value is -2.90. The summed E-state index contributed by atoms with van der Waals surface area (Å²) in [6, 6.07) is 11.2. The van der Waals surface area contributed by atoms with Crippen molar-refractivity contribution in [2.45, 2.75) is 0 Å². The number of nitrogens with two attached hydrogens (primary N) is 1. The van der Waals surface area contributed by atoms with Crippen LogP contribution in [0.25, 0.3) is 16.9 Å². The van der Waals surface area contributed by atoms with Crippen LogP contribution >= 0.6 is 0 Å². The second-order valence-corrected chi connectivity index (χ2v) is 5.51. The molecule has 1 amide bonds. The smallest absolute Gasteiger partial charge is 0.250 e. The van der Waals surface area contributed by atoms with Crippen LogP contribution in [0.3, 0.4) is 0 Å². The maximum absolute atomic E-state index is 11.9. The third-order valence-corrected chi connectivity index (χ3v) is 3.64. The third-order valence-electron chi connectivity index (χ3n) is 3.64. The van der Waals surface area contributed by atoms with E-state index >= 15 is 0 Å². The number of carbonyl (C=O) groups excluding carboxylic acids is 1. The first-order valence-electron chi connectivity index (χ1n) is 7.87. The molecular weight excluding hydrogens is 320 g/mol. The Morgan fingerprint density at radius 2 is 2.16 bits per heavy atom. The Kier molecular flexibility index (Phi) is 5.27. The van der Waals surface area contributed by atoms with E-state index in [4.69, 9.17) is 15.2 Å². The molecule has 0 atom stereocenters. The molecule has 0 unspecified atom stereocenters. The lowest BCUT2D eigenvalue weighted by molar-refractivity contribution is -0.121. The highest BCUT2D eigenvalue weighted by molar-refractivity contribution is 5.92. The fourth-order valence-corrected chi connectivity index (χ4v) is 2.47. The van der Waals surface area contributed by atoms with E-state index in [0.717, 1.165) is 16.9 Å². The molecule has 3 rings (SSSR count). The van der Waals surface area contributed by atoms with Crippen LogP contribution in [0.5, 0.6) is 0 Å². The molecule has 3 N–H and O–H groups in total. The van der Waals surface area contributed by atoms with E-state index in [9.17, 15) is 4.79 Å². The Labute approximate surface area is 145 Å². The van der Waals surface area contributed by atoms with Crippen molar-refractivity contribution >= 4 is 22.9 Å². The van der Waals surface area contributed by atoms with Gasteiger partial charge in [0.2, 0.25) is 5.91 Å². The van der Waals surface area contributed by atoms with Gasteiger partial charge in [-0.25, -0.2) is 4.98 Å². The highest BCUT2D eigenvalue weighted by Crippen LogP contribution is 2.24. The van der Waals surface area contributed by atoms with Gasteiger partial charge in [-0.3, -0.25) is 9.20 Å². The number of pyridine rings is 1. The largest absolute Gasteiger partial charge is 0.398 e. The van der Waals surface area contributed by atoms with E-state index in [1.54, 1.807) is 13.3 Å². The fourth-order valence-electron chi connectivity index (χ4n) is 2.47. The zero-order chi connectivity index (χ0) is 17.6. The van der Waals surface area contributed by atoms with Crippen LogP contribution in [0.1, 0.15) is 0 Å². The van der Waals surface area contributed by atoms with E-state index in [1.807, 2.05) is 47.0 Å². The predicted octanol–water partition coefficient (Wildman–Crippen LogP) is 2.18. The number of rotatable bonds is 7. The maximum atomic E-state index is 11.9. The lowest BCUT2D eigenvalue weighted by Crippen LogP contribution is -2.19. The Morgan fingerprint density at radius 1 is 1.28 bits per heavy atom. The average Bonchev–Trinajstić information content (AvgIpc) is 3.02. The second kappa shape index (κ2) is 7.78. The number of imidazole rings is 1. The highest BCUT2D eigenvalue weighted by atomic mass is 16.5. The summed E-state index contributed by atoms with van der Waals surface area (Å²) >= 11 is 0. The quantitative estimate of drug-likeness (QED) is 0.643. The number of fused-ring (bicyclic) bond motifs is 1. The number of anilines is 2. The van der Waals surface area contributed by atoms with Crippen LogP contribution in [0.15, 0.2) is 48.8 Å². The normalized spacial score (nSPS) is 10.9. The van der Waals surface area contributed by atoms with Gasteiger partial charge in [-0.15, -0.1) is 0 Å². The zero-order valence-corrected chi connectivity index (χ0v) is 13.9. The van der Waals surface area contributed by atoms with Crippen LogP contribution in [-0.2, 0) is 14.3 Å². The summed E-state index contributed by atoms with van der Waals surface area (Å²) in [5.41, 5.74) is 9.85. The summed E-state index contributed by atoms with van der Waals surface area (Å²) in [6.45, 7) is 0.827. The summed E-state index contributed by atoms with van der Waals surface area (Å²) in [4.78, 5) is 16.3. The van der Waals surface area contributed by atoms with Crippen LogP contribution in [0.2, 0.25) is 0 Å². The van der Waals surface area contributed by atoms with Gasteiger partial charge in [0.25, 0.3) is 0 Å². The van der Waals surface area contributed by atoms with Gasteiger partial charge in [0, 0.05) is 30.2 Å². The summed E-state index contributed by atoms with van der Waals surface area (Å²) in [5, 5.41) is 2.82. The average molecular weight is 340 g/mol. The molecule has 0 saturated heterocycles. The van der Waals surface area contributed by atoms with E-state index in [1.165, 1.54) is 0 Å². The standard InChI is InChI=1S/C18H20N4O3/c1-24-7-8-25-12-18(23)21-15-4-2-3-13(9-15)16-10-20-17-6-5-14(19)11-22(16)17/h2-6,9-11H,7-8,12,19H2,1H3,(H,21,23). The summed E-state index contributed by atoms with van der Waals surface area (Å²) in [7, 11) is 1.59. The lowest BCUT2D eigenvalue weighted by Gasteiger charge is -2.08. The SMILES string of the molecule is COCCOCC(=O)Nc1cccc(-c2cnc3ccc(N)cn23)c1. The molecule has 2 heterocycles. The molecule has 0 saturated carbocycles. The van der Waals surface area contributed by atoms with Gasteiger partial charge < -0.3 is 20.5 Å². The van der Waals surface area contributed by atoms with Gasteiger partial charge >= 0.3 is 0 Å². The number of nitrogens with one attached hydrogen (secondary N) is 1. The van der Waals surface area contributed by atoms with Crippen molar-refractivity contribution in [2.24, 2.45) is 0 Å². The first-order valence-corrected chi connectivity index (χ1v) is 7.87. The molecule has 0 aliphatic carbocycles. The minimum Gasteiger partial charge on any atom is -0.398 e.